The molecule has 0 radical (unpaired) electrons. The maximum Gasteiger partial charge on any atom is 0.191 e. The van der Waals surface area contributed by atoms with Crippen LogP contribution in [-0.4, -0.2) is 34.3 Å². The Morgan fingerprint density at radius 3 is 2.74 bits per heavy atom. The van der Waals surface area contributed by atoms with Crippen LogP contribution in [0.25, 0.3) is 0 Å². The highest BCUT2D eigenvalue weighted by Crippen LogP contribution is 2.11. The van der Waals surface area contributed by atoms with Crippen molar-refractivity contribution in [3.05, 3.63) is 69.9 Å². The van der Waals surface area contributed by atoms with Crippen molar-refractivity contribution in [2.75, 3.05) is 13.6 Å². The maximum absolute atomic E-state index is 4.60. The summed E-state index contributed by atoms with van der Waals surface area (Å²) in [6.45, 7) is 4.42. The molecule has 7 heteroatoms. The standard InChI is InChI=1S/C20H26N6S/c1-3-19-25-18(15-27-19)9-11-22-20(21-2)23-13-16-7-4-5-8-17(16)14-26-12-6-10-24-26/h4-8,10,12,15H,3,9,11,13-14H2,1-2H3,(H2,21,22,23). The number of aryl methyl sites for hydroxylation is 1. The second-order valence-corrected chi connectivity index (χ2v) is 7.10. The molecule has 0 spiro atoms. The number of nitrogens with zero attached hydrogens (tertiary/aromatic N) is 4. The van der Waals surface area contributed by atoms with E-state index in [1.807, 2.05) is 16.9 Å². The molecule has 0 aliphatic rings. The predicted octanol–water partition coefficient (Wildman–Crippen LogP) is 2.86. The van der Waals surface area contributed by atoms with Crippen molar-refractivity contribution in [2.24, 2.45) is 4.99 Å². The van der Waals surface area contributed by atoms with Crippen LogP contribution in [0.2, 0.25) is 0 Å². The smallest absolute Gasteiger partial charge is 0.191 e. The maximum atomic E-state index is 4.60. The summed E-state index contributed by atoms with van der Waals surface area (Å²) in [5.41, 5.74) is 3.63. The fourth-order valence-electron chi connectivity index (χ4n) is 2.79. The molecule has 0 aliphatic carbocycles. The van der Waals surface area contributed by atoms with Crippen molar-refractivity contribution in [1.29, 1.82) is 0 Å². The number of thiazole rings is 1. The SMILES string of the molecule is CCc1nc(CCNC(=NC)NCc2ccccc2Cn2cccn2)cs1. The van der Waals surface area contributed by atoms with Gasteiger partial charge in [-0.05, 0) is 23.6 Å². The van der Waals surface area contributed by atoms with E-state index in [2.05, 4.69) is 62.3 Å². The molecule has 0 bridgehead atoms. The summed E-state index contributed by atoms with van der Waals surface area (Å²) in [6.07, 6.45) is 5.68. The average molecular weight is 383 g/mol. The summed E-state index contributed by atoms with van der Waals surface area (Å²) in [6, 6.07) is 10.3. The molecule has 1 aromatic carbocycles. The fourth-order valence-corrected chi connectivity index (χ4v) is 3.57. The molecule has 0 fully saturated rings. The minimum Gasteiger partial charge on any atom is -0.356 e. The topological polar surface area (TPSA) is 67.1 Å². The Morgan fingerprint density at radius 2 is 2.04 bits per heavy atom. The number of rotatable bonds is 8. The molecule has 0 saturated carbocycles. The fraction of sp³-hybridized carbons (Fsp3) is 0.350. The normalized spacial score (nSPS) is 11.6. The summed E-state index contributed by atoms with van der Waals surface area (Å²) in [4.78, 5) is 8.92. The lowest BCUT2D eigenvalue weighted by atomic mass is 10.1. The lowest BCUT2D eigenvalue weighted by molar-refractivity contribution is 0.677. The Balaban J connectivity index is 1.50. The largest absolute Gasteiger partial charge is 0.356 e. The molecule has 142 valence electrons. The van der Waals surface area contributed by atoms with Gasteiger partial charge in [0, 0.05) is 44.3 Å². The molecule has 6 nitrogen and oxygen atoms in total. The lowest BCUT2D eigenvalue weighted by Gasteiger charge is -2.14. The first kappa shape index (κ1) is 19.1. The van der Waals surface area contributed by atoms with Crippen LogP contribution in [0, 0.1) is 0 Å². The number of aliphatic imine (C=N–C) groups is 1. The van der Waals surface area contributed by atoms with E-state index in [1.54, 1.807) is 24.6 Å². The molecule has 2 N–H and O–H groups in total. The van der Waals surface area contributed by atoms with Crippen molar-refractivity contribution in [1.82, 2.24) is 25.4 Å². The van der Waals surface area contributed by atoms with Gasteiger partial charge in [0.05, 0.1) is 17.2 Å². The Labute approximate surface area is 164 Å². The zero-order valence-corrected chi connectivity index (χ0v) is 16.7. The van der Waals surface area contributed by atoms with Crippen molar-refractivity contribution in [3.8, 4) is 0 Å². The summed E-state index contributed by atoms with van der Waals surface area (Å²) >= 11 is 1.73. The molecule has 0 aliphatic heterocycles. The minimum atomic E-state index is 0.716. The molecule has 0 atom stereocenters. The number of nitrogens with one attached hydrogen (secondary N) is 2. The third-order valence-electron chi connectivity index (χ3n) is 4.26. The zero-order chi connectivity index (χ0) is 18.9. The summed E-state index contributed by atoms with van der Waals surface area (Å²) in [5.74, 6) is 0.801. The van der Waals surface area contributed by atoms with E-state index in [0.717, 1.165) is 37.6 Å². The first-order valence-electron chi connectivity index (χ1n) is 9.20. The third kappa shape index (κ3) is 5.65. The second-order valence-electron chi connectivity index (χ2n) is 6.16. The molecule has 3 rings (SSSR count). The van der Waals surface area contributed by atoms with E-state index in [0.29, 0.717) is 6.54 Å². The van der Waals surface area contributed by atoms with Crippen molar-refractivity contribution in [2.45, 2.75) is 32.9 Å². The van der Waals surface area contributed by atoms with Crippen LogP contribution < -0.4 is 10.6 Å². The van der Waals surface area contributed by atoms with Gasteiger partial charge in [0.2, 0.25) is 0 Å². The number of hydrogen-bond acceptors (Lipinski definition) is 4. The molecule has 0 unspecified atom stereocenters. The number of benzene rings is 1. The molecule has 3 aromatic rings. The third-order valence-corrected chi connectivity index (χ3v) is 5.30. The highest BCUT2D eigenvalue weighted by molar-refractivity contribution is 7.09. The second kappa shape index (κ2) is 9.87. The van der Waals surface area contributed by atoms with Gasteiger partial charge in [0.1, 0.15) is 0 Å². The van der Waals surface area contributed by atoms with E-state index >= 15 is 0 Å². The van der Waals surface area contributed by atoms with Gasteiger partial charge >= 0.3 is 0 Å². The van der Waals surface area contributed by atoms with E-state index in [-0.39, 0.29) is 0 Å². The molecule has 0 saturated heterocycles. The molecular weight excluding hydrogens is 356 g/mol. The monoisotopic (exact) mass is 382 g/mol. The van der Waals surface area contributed by atoms with Crippen LogP contribution in [-0.2, 0) is 25.9 Å². The number of hydrogen-bond donors (Lipinski definition) is 2. The van der Waals surface area contributed by atoms with Crippen LogP contribution >= 0.6 is 11.3 Å². The van der Waals surface area contributed by atoms with Gasteiger partial charge in [-0.2, -0.15) is 5.10 Å². The zero-order valence-electron chi connectivity index (χ0n) is 15.9. The molecule has 27 heavy (non-hydrogen) atoms. The number of aromatic nitrogens is 3. The van der Waals surface area contributed by atoms with Gasteiger partial charge < -0.3 is 10.6 Å². The van der Waals surface area contributed by atoms with E-state index in [4.69, 9.17) is 0 Å². The molecule has 0 amide bonds. The summed E-state index contributed by atoms with van der Waals surface area (Å²) < 4.78 is 1.93. The van der Waals surface area contributed by atoms with Gasteiger partial charge in [-0.1, -0.05) is 31.2 Å². The van der Waals surface area contributed by atoms with Crippen LogP contribution in [0.15, 0.2) is 53.1 Å². The average Bonchev–Trinajstić information content (AvgIpc) is 3.37. The van der Waals surface area contributed by atoms with Crippen LogP contribution in [0.3, 0.4) is 0 Å². The van der Waals surface area contributed by atoms with Gasteiger partial charge in [-0.15, -0.1) is 11.3 Å². The Bertz CT molecular complexity index is 853. The highest BCUT2D eigenvalue weighted by atomic mass is 32.1. The van der Waals surface area contributed by atoms with Gasteiger partial charge in [-0.25, -0.2) is 4.98 Å². The van der Waals surface area contributed by atoms with E-state index in [9.17, 15) is 0 Å². The molecule has 2 aromatic heterocycles. The van der Waals surface area contributed by atoms with E-state index < -0.39 is 0 Å². The minimum absolute atomic E-state index is 0.716. The highest BCUT2D eigenvalue weighted by Gasteiger charge is 2.05. The lowest BCUT2D eigenvalue weighted by Crippen LogP contribution is -2.38. The van der Waals surface area contributed by atoms with Crippen molar-refractivity contribution < 1.29 is 0 Å². The van der Waals surface area contributed by atoms with Gasteiger partial charge in [0.15, 0.2) is 5.96 Å². The first-order valence-corrected chi connectivity index (χ1v) is 10.1. The summed E-state index contributed by atoms with van der Waals surface area (Å²) in [5, 5.41) is 14.4. The van der Waals surface area contributed by atoms with Crippen LogP contribution in [0.5, 0.6) is 0 Å². The molecular formula is C20H26N6S. The van der Waals surface area contributed by atoms with Crippen LogP contribution in [0.4, 0.5) is 0 Å². The van der Waals surface area contributed by atoms with Crippen LogP contribution in [0.1, 0.15) is 28.8 Å². The van der Waals surface area contributed by atoms with Crippen molar-refractivity contribution in [3.63, 3.8) is 0 Å². The Morgan fingerprint density at radius 1 is 1.19 bits per heavy atom. The Kier molecular flexibility index (Phi) is 6.98. The molecule has 2 heterocycles. The Hall–Kier alpha value is -2.67. The number of guanidine groups is 1. The quantitative estimate of drug-likeness (QED) is 0.464. The van der Waals surface area contributed by atoms with Gasteiger partial charge in [-0.3, -0.25) is 9.67 Å². The predicted molar refractivity (Wildman–Crippen MR) is 111 cm³/mol. The van der Waals surface area contributed by atoms with Gasteiger partial charge in [0.25, 0.3) is 0 Å². The summed E-state index contributed by atoms with van der Waals surface area (Å²) in [7, 11) is 1.79. The van der Waals surface area contributed by atoms with E-state index in [1.165, 1.54) is 16.1 Å². The first-order chi connectivity index (χ1) is 13.3. The van der Waals surface area contributed by atoms with Crippen molar-refractivity contribution >= 4 is 17.3 Å².